The van der Waals surface area contributed by atoms with Crippen molar-refractivity contribution in [3.63, 3.8) is 0 Å². The van der Waals surface area contributed by atoms with Gasteiger partial charge in [0.15, 0.2) is 5.96 Å². The smallest absolute Gasteiger partial charge is 0.269 e. The van der Waals surface area contributed by atoms with E-state index in [1.807, 2.05) is 13.0 Å². The van der Waals surface area contributed by atoms with Gasteiger partial charge in [0.05, 0.1) is 18.1 Å². The summed E-state index contributed by atoms with van der Waals surface area (Å²) < 4.78 is 5.48. The van der Waals surface area contributed by atoms with Crippen molar-refractivity contribution in [2.45, 2.75) is 38.8 Å². The van der Waals surface area contributed by atoms with Crippen molar-refractivity contribution in [1.29, 1.82) is 0 Å². The van der Waals surface area contributed by atoms with Crippen molar-refractivity contribution in [1.82, 2.24) is 15.5 Å². The highest BCUT2D eigenvalue weighted by molar-refractivity contribution is 5.80. The number of hydrogen-bond donors (Lipinski definition) is 2. The number of nitrogens with zero attached hydrogens (tertiary/aromatic N) is 3. The summed E-state index contributed by atoms with van der Waals surface area (Å²) in [6, 6.07) is 7.05. The quantitative estimate of drug-likeness (QED) is 0.321. The van der Waals surface area contributed by atoms with Gasteiger partial charge in [-0.15, -0.1) is 0 Å². The molecule has 2 saturated heterocycles. The van der Waals surface area contributed by atoms with Crippen LogP contribution in [0.1, 0.15) is 31.7 Å². The number of nitro groups is 1. The number of guanidine groups is 1. The van der Waals surface area contributed by atoms with Crippen LogP contribution in [0.2, 0.25) is 0 Å². The van der Waals surface area contributed by atoms with E-state index < -0.39 is 0 Å². The van der Waals surface area contributed by atoms with Crippen molar-refractivity contribution in [3.8, 4) is 0 Å². The number of rotatable bonds is 7. The van der Waals surface area contributed by atoms with Gasteiger partial charge in [-0.2, -0.15) is 0 Å². The molecule has 2 aliphatic rings. The molecule has 2 heterocycles. The average Bonchev–Trinajstić information content (AvgIpc) is 3.21. The van der Waals surface area contributed by atoms with E-state index in [2.05, 4.69) is 20.5 Å². The molecule has 2 aliphatic heterocycles. The molecule has 0 aliphatic carbocycles. The van der Waals surface area contributed by atoms with E-state index >= 15 is 0 Å². The summed E-state index contributed by atoms with van der Waals surface area (Å²) >= 11 is 0. The molecule has 1 aromatic rings. The van der Waals surface area contributed by atoms with Crippen LogP contribution in [-0.4, -0.2) is 61.2 Å². The molecule has 0 saturated carbocycles. The predicted molar refractivity (Wildman–Crippen MR) is 109 cm³/mol. The van der Waals surface area contributed by atoms with Gasteiger partial charge in [-0.05, 0) is 37.7 Å². The second-order valence-corrected chi connectivity index (χ2v) is 7.57. The number of hydrogen-bond acceptors (Lipinski definition) is 5. The number of nitro benzene ring substituents is 1. The predicted octanol–water partition coefficient (Wildman–Crippen LogP) is 2.15. The first-order valence-corrected chi connectivity index (χ1v) is 10.2. The van der Waals surface area contributed by atoms with Crippen LogP contribution < -0.4 is 10.6 Å². The zero-order valence-corrected chi connectivity index (χ0v) is 16.6. The molecule has 8 heteroatoms. The Kier molecular flexibility index (Phi) is 7.62. The first kappa shape index (κ1) is 20.5. The molecule has 3 rings (SSSR count). The number of nitrogens with one attached hydrogen (secondary N) is 2. The third-order valence-electron chi connectivity index (χ3n) is 5.35. The molecule has 0 radical (unpaired) electrons. The van der Waals surface area contributed by atoms with Gasteiger partial charge in [0.2, 0.25) is 0 Å². The highest BCUT2D eigenvalue weighted by Gasteiger charge is 2.24. The molecular formula is C20H31N5O3. The van der Waals surface area contributed by atoms with Crippen LogP contribution in [-0.2, 0) is 11.3 Å². The Balaban J connectivity index is 1.49. The van der Waals surface area contributed by atoms with Gasteiger partial charge in [0.25, 0.3) is 5.69 Å². The summed E-state index contributed by atoms with van der Waals surface area (Å²) in [5.74, 6) is 1.47. The summed E-state index contributed by atoms with van der Waals surface area (Å²) in [5, 5.41) is 17.7. The molecule has 28 heavy (non-hydrogen) atoms. The van der Waals surface area contributed by atoms with Crippen molar-refractivity contribution in [3.05, 3.63) is 39.9 Å². The van der Waals surface area contributed by atoms with E-state index in [0.717, 1.165) is 63.8 Å². The Bertz CT molecular complexity index is 668. The maximum absolute atomic E-state index is 10.9. The molecule has 0 amide bonds. The van der Waals surface area contributed by atoms with Crippen molar-refractivity contribution in [2.24, 2.45) is 10.9 Å². The lowest BCUT2D eigenvalue weighted by atomic mass is 10.0. The van der Waals surface area contributed by atoms with Crippen LogP contribution in [0.25, 0.3) is 0 Å². The monoisotopic (exact) mass is 389 g/mol. The summed E-state index contributed by atoms with van der Waals surface area (Å²) in [5.41, 5.74) is 0.936. The average molecular weight is 390 g/mol. The molecule has 1 atom stereocenters. The molecule has 0 aromatic heterocycles. The lowest BCUT2D eigenvalue weighted by Gasteiger charge is -2.34. The Hall–Kier alpha value is -2.19. The van der Waals surface area contributed by atoms with Gasteiger partial charge in [0, 0.05) is 51.0 Å². The summed E-state index contributed by atoms with van der Waals surface area (Å²) in [6.45, 7) is 8.39. The fraction of sp³-hybridized carbons (Fsp3) is 0.650. The lowest BCUT2D eigenvalue weighted by Crippen LogP contribution is -2.49. The van der Waals surface area contributed by atoms with E-state index in [0.29, 0.717) is 18.5 Å². The Morgan fingerprint density at radius 2 is 2.18 bits per heavy atom. The van der Waals surface area contributed by atoms with Crippen LogP contribution in [0.4, 0.5) is 5.69 Å². The van der Waals surface area contributed by atoms with E-state index in [1.165, 1.54) is 12.5 Å². The fourth-order valence-electron chi connectivity index (χ4n) is 3.80. The molecule has 154 valence electrons. The van der Waals surface area contributed by atoms with Crippen LogP contribution in [0.5, 0.6) is 0 Å². The first-order valence-electron chi connectivity index (χ1n) is 10.2. The highest BCUT2D eigenvalue weighted by Crippen LogP contribution is 2.18. The van der Waals surface area contributed by atoms with Gasteiger partial charge < -0.3 is 20.3 Å². The standard InChI is InChI=1S/C20H31N5O3/c1-2-21-20(22-13-16-4-3-5-19(12-16)25(26)27)23-18-6-9-24(10-7-18)14-17-8-11-28-15-17/h3-5,12,17-18H,2,6-11,13-15H2,1H3,(H2,21,22,23). The van der Waals surface area contributed by atoms with E-state index in [4.69, 9.17) is 4.74 Å². The molecule has 8 nitrogen and oxygen atoms in total. The minimum atomic E-state index is -0.373. The molecular weight excluding hydrogens is 358 g/mol. The molecule has 0 spiro atoms. The van der Waals surface area contributed by atoms with Gasteiger partial charge >= 0.3 is 0 Å². The molecule has 1 unspecified atom stereocenters. The van der Waals surface area contributed by atoms with Crippen LogP contribution >= 0.6 is 0 Å². The topological polar surface area (TPSA) is 92.0 Å². The maximum atomic E-state index is 10.9. The van der Waals surface area contributed by atoms with Gasteiger partial charge in [-0.3, -0.25) is 10.1 Å². The second kappa shape index (κ2) is 10.4. The number of likely N-dealkylation sites (tertiary alicyclic amines) is 1. The van der Waals surface area contributed by atoms with Crippen LogP contribution in [0.3, 0.4) is 0 Å². The normalized spacial score (nSPS) is 21.6. The fourth-order valence-corrected chi connectivity index (χ4v) is 3.80. The molecule has 0 bridgehead atoms. The third-order valence-corrected chi connectivity index (χ3v) is 5.35. The zero-order valence-electron chi connectivity index (χ0n) is 16.6. The van der Waals surface area contributed by atoms with Crippen LogP contribution in [0, 0.1) is 16.0 Å². The summed E-state index contributed by atoms with van der Waals surface area (Å²) in [7, 11) is 0. The Morgan fingerprint density at radius 1 is 1.36 bits per heavy atom. The minimum Gasteiger partial charge on any atom is -0.381 e. The number of aliphatic imine (C=N–C) groups is 1. The van der Waals surface area contributed by atoms with E-state index in [-0.39, 0.29) is 10.6 Å². The number of benzene rings is 1. The van der Waals surface area contributed by atoms with Gasteiger partial charge in [-0.1, -0.05) is 12.1 Å². The number of non-ortho nitro benzene ring substituents is 1. The number of ether oxygens (including phenoxy) is 1. The van der Waals surface area contributed by atoms with Crippen molar-refractivity contribution < 1.29 is 9.66 Å². The molecule has 2 fully saturated rings. The zero-order chi connectivity index (χ0) is 19.8. The van der Waals surface area contributed by atoms with E-state index in [1.54, 1.807) is 12.1 Å². The molecule has 1 aromatic carbocycles. The molecule has 2 N–H and O–H groups in total. The van der Waals surface area contributed by atoms with Crippen molar-refractivity contribution in [2.75, 3.05) is 39.4 Å². The SMILES string of the molecule is CCNC(=NCc1cccc([N+](=O)[O-])c1)NC1CCN(CC2CCOC2)CC1. The van der Waals surface area contributed by atoms with Gasteiger partial charge in [-0.25, -0.2) is 4.99 Å². The Labute approximate surface area is 166 Å². The first-order chi connectivity index (χ1) is 13.6. The third kappa shape index (κ3) is 6.17. The van der Waals surface area contributed by atoms with E-state index in [9.17, 15) is 10.1 Å². The maximum Gasteiger partial charge on any atom is 0.269 e. The lowest BCUT2D eigenvalue weighted by molar-refractivity contribution is -0.384. The number of piperidine rings is 1. The Morgan fingerprint density at radius 3 is 2.86 bits per heavy atom. The highest BCUT2D eigenvalue weighted by atomic mass is 16.6. The van der Waals surface area contributed by atoms with Crippen molar-refractivity contribution >= 4 is 11.6 Å². The summed E-state index contributed by atoms with van der Waals surface area (Å²) in [4.78, 5) is 17.7. The summed E-state index contributed by atoms with van der Waals surface area (Å²) in [6.07, 6.45) is 3.37. The van der Waals surface area contributed by atoms with Crippen LogP contribution in [0.15, 0.2) is 29.3 Å². The largest absolute Gasteiger partial charge is 0.381 e. The van der Waals surface area contributed by atoms with Gasteiger partial charge in [0.1, 0.15) is 0 Å². The minimum absolute atomic E-state index is 0.102. The second-order valence-electron chi connectivity index (χ2n) is 7.57.